The van der Waals surface area contributed by atoms with Crippen LogP contribution < -0.4 is 10.5 Å². The van der Waals surface area contributed by atoms with E-state index in [1.54, 1.807) is 25.6 Å². The van der Waals surface area contributed by atoms with Crippen LogP contribution in [0.15, 0.2) is 23.5 Å². The first-order valence-corrected chi connectivity index (χ1v) is 6.85. The summed E-state index contributed by atoms with van der Waals surface area (Å²) in [7, 11) is 3.69. The van der Waals surface area contributed by atoms with E-state index in [-0.39, 0.29) is 0 Å². The zero-order valence-electron chi connectivity index (χ0n) is 11.7. The number of methoxy groups -OCH3 is 1. The Morgan fingerprint density at radius 3 is 3.05 bits per heavy atom. The van der Waals surface area contributed by atoms with Crippen molar-refractivity contribution in [1.29, 1.82) is 0 Å². The van der Waals surface area contributed by atoms with Crippen LogP contribution in [0.5, 0.6) is 5.75 Å². The van der Waals surface area contributed by atoms with Gasteiger partial charge in [0.2, 0.25) is 0 Å². The highest BCUT2D eigenvalue weighted by Crippen LogP contribution is 2.26. The lowest BCUT2D eigenvalue weighted by Gasteiger charge is -2.36. The van der Waals surface area contributed by atoms with Crippen LogP contribution in [0.4, 0.5) is 0 Å². The molecule has 6 heteroatoms. The third-order valence-corrected chi connectivity index (χ3v) is 3.73. The van der Waals surface area contributed by atoms with Crippen molar-refractivity contribution in [1.82, 2.24) is 9.88 Å². The quantitative estimate of drug-likeness (QED) is 0.664. The molecule has 0 radical (unpaired) electrons. The molecule has 0 unspecified atom stereocenters. The molecule has 20 heavy (non-hydrogen) atoms. The van der Waals surface area contributed by atoms with Crippen molar-refractivity contribution in [2.45, 2.75) is 12.5 Å². The van der Waals surface area contributed by atoms with Gasteiger partial charge in [-0.25, -0.2) is 4.98 Å². The highest BCUT2D eigenvalue weighted by molar-refractivity contribution is 6.29. The van der Waals surface area contributed by atoms with E-state index in [1.807, 2.05) is 0 Å². The summed E-state index contributed by atoms with van der Waals surface area (Å²) in [5.74, 6) is 0.633. The molecular weight excluding hydrogens is 276 g/mol. The number of pyridine rings is 1. The van der Waals surface area contributed by atoms with E-state index < -0.39 is 0 Å². The van der Waals surface area contributed by atoms with E-state index in [1.165, 1.54) is 12.6 Å². The molecule has 0 amide bonds. The summed E-state index contributed by atoms with van der Waals surface area (Å²) in [5.41, 5.74) is 7.23. The lowest BCUT2D eigenvalue weighted by atomic mass is 10.1. The van der Waals surface area contributed by atoms with Gasteiger partial charge in [-0.05, 0) is 20.0 Å². The SMILES string of the molecule is COc1cc(Cl)ncc1/C(C=NC[C@@H]1CCN1C)=C/N. The number of hydrogen-bond acceptors (Lipinski definition) is 5. The van der Waals surface area contributed by atoms with Crippen molar-refractivity contribution in [3.63, 3.8) is 0 Å². The average molecular weight is 295 g/mol. The number of allylic oxidation sites excluding steroid dienone is 1. The molecule has 0 aliphatic carbocycles. The fourth-order valence-electron chi connectivity index (χ4n) is 2.07. The predicted octanol–water partition coefficient (Wildman–Crippen LogP) is 1.82. The fourth-order valence-corrected chi connectivity index (χ4v) is 2.22. The predicted molar refractivity (Wildman–Crippen MR) is 82.4 cm³/mol. The summed E-state index contributed by atoms with van der Waals surface area (Å²) in [4.78, 5) is 10.8. The Morgan fingerprint density at radius 2 is 2.50 bits per heavy atom. The van der Waals surface area contributed by atoms with Crippen molar-refractivity contribution in [3.8, 4) is 5.75 Å². The summed E-state index contributed by atoms with van der Waals surface area (Å²) in [5, 5.41) is 0.384. The number of hydrogen-bond donors (Lipinski definition) is 1. The molecule has 0 saturated carbocycles. The van der Waals surface area contributed by atoms with Crippen LogP contribution in [0.1, 0.15) is 12.0 Å². The van der Waals surface area contributed by atoms with Gasteiger partial charge < -0.3 is 15.4 Å². The Hall–Kier alpha value is -1.59. The molecule has 1 aliphatic heterocycles. The Balaban J connectivity index is 2.10. The second-order valence-electron chi connectivity index (χ2n) is 4.75. The van der Waals surface area contributed by atoms with Crippen LogP contribution in [0.3, 0.4) is 0 Å². The van der Waals surface area contributed by atoms with Gasteiger partial charge in [0.25, 0.3) is 0 Å². The molecule has 5 nitrogen and oxygen atoms in total. The number of likely N-dealkylation sites (N-methyl/N-ethyl adjacent to an activating group) is 1. The number of aliphatic imine (C=N–C) groups is 1. The first-order chi connectivity index (χ1) is 9.65. The summed E-state index contributed by atoms with van der Waals surface area (Å²) in [6.07, 6.45) is 6.10. The third kappa shape index (κ3) is 3.29. The van der Waals surface area contributed by atoms with Gasteiger partial charge in [-0.1, -0.05) is 11.6 Å². The minimum atomic E-state index is 0.384. The number of likely N-dealkylation sites (tertiary alicyclic amines) is 1. The van der Waals surface area contributed by atoms with Gasteiger partial charge in [0.1, 0.15) is 10.9 Å². The molecule has 2 rings (SSSR count). The highest BCUT2D eigenvalue weighted by atomic mass is 35.5. The summed E-state index contributed by atoms with van der Waals surface area (Å²) in [6, 6.07) is 2.20. The maximum Gasteiger partial charge on any atom is 0.132 e. The second-order valence-corrected chi connectivity index (χ2v) is 5.13. The van der Waals surface area contributed by atoms with E-state index in [9.17, 15) is 0 Å². The van der Waals surface area contributed by atoms with Crippen LogP contribution >= 0.6 is 11.6 Å². The second kappa shape index (κ2) is 6.72. The van der Waals surface area contributed by atoms with E-state index in [2.05, 4.69) is 21.9 Å². The molecule has 0 spiro atoms. The zero-order valence-corrected chi connectivity index (χ0v) is 12.5. The monoisotopic (exact) mass is 294 g/mol. The fraction of sp³-hybridized carbons (Fsp3) is 0.429. The van der Waals surface area contributed by atoms with E-state index in [4.69, 9.17) is 22.1 Å². The topological polar surface area (TPSA) is 63.7 Å². The van der Waals surface area contributed by atoms with E-state index in [0.29, 0.717) is 16.9 Å². The van der Waals surface area contributed by atoms with E-state index >= 15 is 0 Å². The third-order valence-electron chi connectivity index (χ3n) is 3.53. The Morgan fingerprint density at radius 1 is 1.70 bits per heavy atom. The van der Waals surface area contributed by atoms with Crippen molar-refractivity contribution >= 4 is 23.4 Å². The number of nitrogens with two attached hydrogens (primary N) is 1. The van der Waals surface area contributed by atoms with Crippen LogP contribution in [0.25, 0.3) is 5.57 Å². The molecule has 2 N–H and O–H groups in total. The normalized spacial score (nSPS) is 20.1. The van der Waals surface area contributed by atoms with Gasteiger partial charge in [0.15, 0.2) is 0 Å². The van der Waals surface area contributed by atoms with Gasteiger partial charge in [0.05, 0.1) is 13.7 Å². The van der Waals surface area contributed by atoms with E-state index in [0.717, 1.165) is 24.2 Å². The Kier molecular flexibility index (Phi) is 4.98. The molecule has 1 aromatic heterocycles. The number of ether oxygens (including phenoxy) is 1. The van der Waals surface area contributed by atoms with Crippen LogP contribution in [0, 0.1) is 0 Å². The molecule has 1 atom stereocenters. The highest BCUT2D eigenvalue weighted by Gasteiger charge is 2.22. The van der Waals surface area contributed by atoms with Gasteiger partial charge in [-0.2, -0.15) is 0 Å². The van der Waals surface area contributed by atoms with Crippen molar-refractivity contribution in [2.24, 2.45) is 10.7 Å². The molecule has 1 aliphatic rings. The number of nitrogens with zero attached hydrogens (tertiary/aromatic N) is 3. The molecule has 1 aromatic rings. The summed E-state index contributed by atoms with van der Waals surface area (Å²) < 4.78 is 5.30. The standard InChI is InChI=1S/C14H19ClN4O/c1-19-4-3-11(19)8-17-7-10(6-16)12-9-18-14(15)5-13(12)20-2/h5-7,9,11H,3-4,8,16H2,1-2H3/b10-6+,17-7?/t11-/m0/s1. The summed E-state index contributed by atoms with van der Waals surface area (Å²) >= 11 is 5.85. The first kappa shape index (κ1) is 14.8. The van der Waals surface area contributed by atoms with Gasteiger partial charge in [0, 0.05) is 41.9 Å². The first-order valence-electron chi connectivity index (χ1n) is 6.47. The lowest BCUT2D eigenvalue weighted by Crippen LogP contribution is -2.46. The Bertz CT molecular complexity index is 530. The van der Waals surface area contributed by atoms with Gasteiger partial charge in [-0.15, -0.1) is 0 Å². The number of aromatic nitrogens is 1. The van der Waals surface area contributed by atoms with Gasteiger partial charge >= 0.3 is 0 Å². The van der Waals surface area contributed by atoms with Crippen molar-refractivity contribution in [2.75, 3.05) is 27.2 Å². The molecule has 0 aromatic carbocycles. The van der Waals surface area contributed by atoms with Crippen LogP contribution in [-0.4, -0.2) is 49.4 Å². The molecule has 0 bridgehead atoms. The molecule has 1 fully saturated rings. The van der Waals surface area contributed by atoms with Gasteiger partial charge in [-0.3, -0.25) is 4.99 Å². The van der Waals surface area contributed by atoms with Crippen molar-refractivity contribution < 1.29 is 4.74 Å². The molecule has 1 saturated heterocycles. The maximum absolute atomic E-state index is 5.85. The summed E-state index contributed by atoms with van der Waals surface area (Å²) in [6.45, 7) is 1.92. The minimum Gasteiger partial charge on any atom is -0.496 e. The number of rotatable bonds is 5. The number of halogens is 1. The maximum atomic E-state index is 5.85. The minimum absolute atomic E-state index is 0.384. The largest absolute Gasteiger partial charge is 0.496 e. The molecule has 108 valence electrons. The average Bonchev–Trinajstić information content (AvgIpc) is 2.46. The van der Waals surface area contributed by atoms with Crippen molar-refractivity contribution in [3.05, 3.63) is 29.2 Å². The molecular formula is C14H19ClN4O. The zero-order chi connectivity index (χ0) is 14.5. The van der Waals surface area contributed by atoms with Crippen LogP contribution in [-0.2, 0) is 0 Å². The molecule has 2 heterocycles. The lowest BCUT2D eigenvalue weighted by molar-refractivity contribution is 0.134. The smallest absolute Gasteiger partial charge is 0.132 e. The Labute approximate surface area is 124 Å². The van der Waals surface area contributed by atoms with Crippen LogP contribution in [0.2, 0.25) is 5.15 Å².